The number of halogens is 1. The molecule has 1 aromatic heterocycles. The molecule has 1 aliphatic rings. The molecule has 0 spiro atoms. The van der Waals surface area contributed by atoms with Gasteiger partial charge in [-0.2, -0.15) is 17.0 Å². The van der Waals surface area contributed by atoms with Gasteiger partial charge in [0.2, 0.25) is 0 Å². The molecule has 0 radical (unpaired) electrons. The summed E-state index contributed by atoms with van der Waals surface area (Å²) in [5.41, 5.74) is 5.42. The van der Waals surface area contributed by atoms with E-state index in [4.69, 9.17) is 16.6 Å². The Bertz CT molecular complexity index is 1550. The summed E-state index contributed by atoms with van der Waals surface area (Å²) in [5, 5.41) is 22.5. The van der Waals surface area contributed by atoms with Crippen molar-refractivity contribution in [1.29, 1.82) is 5.26 Å². The fourth-order valence-electron chi connectivity index (χ4n) is 5.21. The summed E-state index contributed by atoms with van der Waals surface area (Å²) in [6.07, 6.45) is 8.30. The molecule has 2 unspecified atom stereocenters. The lowest BCUT2D eigenvalue weighted by molar-refractivity contribution is 0.0776. The Kier molecular flexibility index (Phi) is 8.96. The summed E-state index contributed by atoms with van der Waals surface area (Å²) in [6.45, 7) is 3.69. The van der Waals surface area contributed by atoms with Gasteiger partial charge in [-0.15, -0.1) is 0 Å². The molecule has 204 valence electrons. The van der Waals surface area contributed by atoms with Crippen LogP contribution in [0.5, 0.6) is 0 Å². The van der Waals surface area contributed by atoms with E-state index in [1.807, 2.05) is 74.1 Å². The maximum Gasteiger partial charge on any atom is 0.0843 e. The molecular formula is C35H35ClN2OS. The van der Waals surface area contributed by atoms with Crippen molar-refractivity contribution in [3.8, 4) is 6.07 Å². The normalized spacial score (nSPS) is 15.3. The molecule has 5 heteroatoms. The molecule has 1 saturated carbocycles. The first-order valence-electron chi connectivity index (χ1n) is 14.0. The molecule has 1 heterocycles. The average Bonchev–Trinajstić information content (AvgIpc) is 3.79. The van der Waals surface area contributed by atoms with E-state index in [9.17, 15) is 10.4 Å². The lowest BCUT2D eigenvalue weighted by Crippen LogP contribution is -2.18. The number of nitriles is 1. The van der Waals surface area contributed by atoms with E-state index >= 15 is 0 Å². The van der Waals surface area contributed by atoms with Crippen molar-refractivity contribution < 1.29 is 5.11 Å². The molecule has 0 aliphatic heterocycles. The summed E-state index contributed by atoms with van der Waals surface area (Å²) >= 11 is 8.07. The van der Waals surface area contributed by atoms with E-state index in [0.717, 1.165) is 46.3 Å². The SMILES string of the molecule is CC(C)(O)c1ccccc1CCC(SCC(C#N)C1CC1)c1cccc(C=Cc2ccc3ccc(Cl)cc3n2)c1. The largest absolute Gasteiger partial charge is 0.386 e. The first-order valence-corrected chi connectivity index (χ1v) is 15.4. The van der Waals surface area contributed by atoms with Crippen LogP contribution in [0.15, 0.2) is 78.9 Å². The Morgan fingerprint density at radius 1 is 1.05 bits per heavy atom. The third-order valence-electron chi connectivity index (χ3n) is 7.59. The highest BCUT2D eigenvalue weighted by Gasteiger charge is 2.32. The van der Waals surface area contributed by atoms with Crippen LogP contribution in [0.3, 0.4) is 0 Å². The minimum atomic E-state index is -0.885. The summed E-state index contributed by atoms with van der Waals surface area (Å²) < 4.78 is 0. The zero-order valence-electron chi connectivity index (χ0n) is 23.1. The van der Waals surface area contributed by atoms with Crippen LogP contribution in [0.1, 0.15) is 66.3 Å². The quantitative estimate of drug-likeness (QED) is 0.196. The lowest BCUT2D eigenvalue weighted by Gasteiger charge is -2.24. The van der Waals surface area contributed by atoms with Crippen LogP contribution in [0.2, 0.25) is 5.02 Å². The molecule has 0 saturated heterocycles. The van der Waals surface area contributed by atoms with Crippen molar-refractivity contribution in [2.24, 2.45) is 11.8 Å². The van der Waals surface area contributed by atoms with Crippen molar-refractivity contribution >= 4 is 46.4 Å². The fraction of sp³-hybridized carbons (Fsp3) is 0.314. The Labute approximate surface area is 246 Å². The monoisotopic (exact) mass is 566 g/mol. The molecule has 0 bridgehead atoms. The molecule has 1 aliphatic carbocycles. The summed E-state index contributed by atoms with van der Waals surface area (Å²) in [4.78, 5) is 4.75. The van der Waals surface area contributed by atoms with Gasteiger partial charge in [0.05, 0.1) is 28.8 Å². The number of nitrogens with zero attached hydrogens (tertiary/aromatic N) is 2. The van der Waals surface area contributed by atoms with Crippen molar-refractivity contribution in [1.82, 2.24) is 4.98 Å². The molecule has 5 rings (SSSR count). The van der Waals surface area contributed by atoms with Gasteiger partial charge in [0, 0.05) is 21.4 Å². The topological polar surface area (TPSA) is 56.9 Å². The van der Waals surface area contributed by atoms with Gasteiger partial charge in [0.1, 0.15) is 0 Å². The number of aryl methyl sites for hydroxylation is 1. The summed E-state index contributed by atoms with van der Waals surface area (Å²) in [7, 11) is 0. The van der Waals surface area contributed by atoms with Crippen LogP contribution in [0, 0.1) is 23.2 Å². The zero-order chi connectivity index (χ0) is 28.1. The number of aliphatic hydroxyl groups is 1. The maximum absolute atomic E-state index is 10.7. The predicted octanol–water partition coefficient (Wildman–Crippen LogP) is 9.24. The Balaban J connectivity index is 1.37. The number of hydrogen-bond donors (Lipinski definition) is 1. The Hall–Kier alpha value is -3.10. The van der Waals surface area contributed by atoms with Crippen molar-refractivity contribution in [2.75, 3.05) is 5.75 Å². The van der Waals surface area contributed by atoms with Crippen LogP contribution >= 0.6 is 23.4 Å². The van der Waals surface area contributed by atoms with Gasteiger partial charge in [0.25, 0.3) is 0 Å². The molecular weight excluding hydrogens is 532 g/mol. The second-order valence-electron chi connectivity index (χ2n) is 11.2. The van der Waals surface area contributed by atoms with E-state index in [2.05, 4.69) is 48.5 Å². The first kappa shape index (κ1) is 28.4. The zero-order valence-corrected chi connectivity index (χ0v) is 24.6. The third kappa shape index (κ3) is 7.34. The number of pyridine rings is 1. The summed E-state index contributed by atoms with van der Waals surface area (Å²) in [6, 6.07) is 29.3. The number of fused-ring (bicyclic) bond motifs is 1. The van der Waals surface area contributed by atoms with Crippen LogP contribution in [-0.2, 0) is 12.0 Å². The lowest BCUT2D eigenvalue weighted by atomic mass is 9.90. The highest BCUT2D eigenvalue weighted by molar-refractivity contribution is 7.99. The second kappa shape index (κ2) is 12.6. The highest BCUT2D eigenvalue weighted by atomic mass is 35.5. The van der Waals surface area contributed by atoms with Gasteiger partial charge < -0.3 is 5.11 Å². The summed E-state index contributed by atoms with van der Waals surface area (Å²) in [5.74, 6) is 1.53. The molecule has 4 aromatic rings. The number of rotatable bonds is 11. The van der Waals surface area contributed by atoms with E-state index in [0.29, 0.717) is 10.9 Å². The van der Waals surface area contributed by atoms with Crippen LogP contribution in [0.25, 0.3) is 23.1 Å². The van der Waals surface area contributed by atoms with E-state index < -0.39 is 5.60 Å². The van der Waals surface area contributed by atoms with Gasteiger partial charge in [-0.1, -0.05) is 78.3 Å². The van der Waals surface area contributed by atoms with E-state index in [1.54, 1.807) is 0 Å². The Morgan fingerprint density at radius 2 is 1.85 bits per heavy atom. The maximum atomic E-state index is 10.7. The fourth-order valence-corrected chi connectivity index (χ4v) is 6.78. The number of aromatic nitrogens is 1. The van der Waals surface area contributed by atoms with Gasteiger partial charge in [0.15, 0.2) is 0 Å². The van der Waals surface area contributed by atoms with Crippen LogP contribution in [0.4, 0.5) is 0 Å². The smallest absolute Gasteiger partial charge is 0.0843 e. The Morgan fingerprint density at radius 3 is 2.62 bits per heavy atom. The second-order valence-corrected chi connectivity index (χ2v) is 12.9. The van der Waals surface area contributed by atoms with Gasteiger partial charge in [-0.25, -0.2) is 4.98 Å². The van der Waals surface area contributed by atoms with Crippen molar-refractivity contribution in [3.05, 3.63) is 112 Å². The van der Waals surface area contributed by atoms with E-state index in [1.165, 1.54) is 24.0 Å². The minimum absolute atomic E-state index is 0.117. The standard InChI is InChI=1S/C35H35ClN2OS/c1-35(2,39)32-9-4-3-7-26(32)15-19-34(40-23-29(22-37)25-11-12-25)28-8-5-6-24(20-28)10-17-31-18-14-27-13-16-30(36)21-33(27)38-31/h3-10,13-14,16-18,20-21,25,29,34,39H,11-12,15,19,23H2,1-2H3. The van der Waals surface area contributed by atoms with Crippen molar-refractivity contribution in [3.63, 3.8) is 0 Å². The molecule has 3 aromatic carbocycles. The average molecular weight is 567 g/mol. The molecule has 3 nitrogen and oxygen atoms in total. The van der Waals surface area contributed by atoms with Gasteiger partial charge >= 0.3 is 0 Å². The van der Waals surface area contributed by atoms with Gasteiger partial charge in [-0.3, -0.25) is 0 Å². The number of hydrogen-bond acceptors (Lipinski definition) is 4. The van der Waals surface area contributed by atoms with Crippen LogP contribution < -0.4 is 0 Å². The third-order valence-corrected chi connectivity index (χ3v) is 9.29. The first-order chi connectivity index (χ1) is 19.3. The predicted molar refractivity (Wildman–Crippen MR) is 169 cm³/mol. The minimum Gasteiger partial charge on any atom is -0.386 e. The van der Waals surface area contributed by atoms with E-state index in [-0.39, 0.29) is 11.2 Å². The molecule has 40 heavy (non-hydrogen) atoms. The van der Waals surface area contributed by atoms with Gasteiger partial charge in [-0.05, 0) is 92.0 Å². The molecule has 1 fully saturated rings. The molecule has 1 N–H and O–H groups in total. The highest BCUT2D eigenvalue weighted by Crippen LogP contribution is 2.42. The molecule has 0 amide bonds. The number of thioether (sulfide) groups is 1. The number of benzene rings is 3. The van der Waals surface area contributed by atoms with Crippen LogP contribution in [-0.4, -0.2) is 15.8 Å². The molecule has 2 atom stereocenters. The van der Waals surface area contributed by atoms with Crippen molar-refractivity contribution in [2.45, 2.75) is 50.4 Å².